The summed E-state index contributed by atoms with van der Waals surface area (Å²) < 4.78 is 0. The molecule has 1 N–H and O–H groups in total. The maximum absolute atomic E-state index is 3.62. The van der Waals surface area contributed by atoms with E-state index in [1.54, 1.807) is 0 Å². The molecule has 0 radical (unpaired) electrons. The predicted octanol–water partition coefficient (Wildman–Crippen LogP) is 1.12. The Kier molecular flexibility index (Phi) is 7.09. The van der Waals surface area contributed by atoms with Crippen molar-refractivity contribution in [3.63, 3.8) is 0 Å². The molecule has 0 aromatic rings. The minimum atomic E-state index is 1.07. The van der Waals surface area contributed by atoms with E-state index in [1.807, 2.05) is 24.9 Å². The molecule has 0 aliphatic rings. The Hall–Kier alpha value is 0.0500. The van der Waals surface area contributed by atoms with E-state index in [-0.39, 0.29) is 0 Å². The van der Waals surface area contributed by atoms with Gasteiger partial charge in [-0.3, -0.25) is 0 Å². The fourth-order valence-electron chi connectivity index (χ4n) is 0.341. The summed E-state index contributed by atoms with van der Waals surface area (Å²) in [6, 6.07) is 0. The van der Waals surface area contributed by atoms with Gasteiger partial charge in [-0.05, 0) is 7.05 Å². The van der Waals surface area contributed by atoms with E-state index in [9.17, 15) is 0 Å². The van der Waals surface area contributed by atoms with Gasteiger partial charge in [0.15, 0.2) is 0 Å². The Morgan fingerprint density at radius 1 is 1.75 bits per heavy atom. The fourth-order valence-corrected chi connectivity index (χ4v) is 1.02. The van der Waals surface area contributed by atoms with Crippen molar-refractivity contribution in [2.45, 2.75) is 0 Å². The average molecular weight is 131 g/mol. The van der Waals surface area contributed by atoms with E-state index in [4.69, 9.17) is 0 Å². The van der Waals surface area contributed by atoms with Crippen LogP contribution in [0.1, 0.15) is 0 Å². The van der Waals surface area contributed by atoms with Gasteiger partial charge in [-0.1, -0.05) is 6.08 Å². The molecule has 0 aliphatic heterocycles. The average Bonchev–Trinajstić information content (AvgIpc) is 1.81. The first kappa shape index (κ1) is 8.05. The molecule has 0 atom stereocenters. The predicted molar refractivity (Wildman–Crippen MR) is 41.4 cm³/mol. The van der Waals surface area contributed by atoms with Crippen molar-refractivity contribution >= 4 is 11.8 Å². The molecule has 0 saturated heterocycles. The minimum Gasteiger partial charge on any atom is -0.319 e. The first-order chi connectivity index (χ1) is 3.91. The van der Waals surface area contributed by atoms with Gasteiger partial charge in [0.1, 0.15) is 0 Å². The smallest absolute Gasteiger partial charge is 0.0111 e. The van der Waals surface area contributed by atoms with Gasteiger partial charge >= 0.3 is 0 Å². The van der Waals surface area contributed by atoms with Crippen LogP contribution in [0.5, 0.6) is 0 Å². The Morgan fingerprint density at radius 2 is 2.50 bits per heavy atom. The second kappa shape index (κ2) is 7.05. The highest BCUT2D eigenvalue weighted by molar-refractivity contribution is 7.99. The molecular formula is C6H13NS. The highest BCUT2D eigenvalue weighted by atomic mass is 32.2. The topological polar surface area (TPSA) is 12.0 Å². The fraction of sp³-hybridized carbons (Fsp3) is 0.667. The van der Waals surface area contributed by atoms with E-state index in [0.29, 0.717) is 0 Å². The molecule has 0 aromatic carbocycles. The standard InChI is InChI=1S/C6H13NS/c1-3-5-8-6-4-7-2/h3,7H,1,4-6H2,2H3. The van der Waals surface area contributed by atoms with Crippen molar-refractivity contribution in [1.82, 2.24) is 5.32 Å². The van der Waals surface area contributed by atoms with Crippen molar-refractivity contribution in [1.29, 1.82) is 0 Å². The minimum absolute atomic E-state index is 1.07. The third-order valence-electron chi connectivity index (χ3n) is 0.732. The third-order valence-corrected chi connectivity index (χ3v) is 1.70. The molecule has 0 saturated carbocycles. The first-order valence-corrected chi connectivity index (χ1v) is 3.90. The van der Waals surface area contributed by atoms with E-state index in [2.05, 4.69) is 11.9 Å². The molecule has 0 heterocycles. The molecule has 48 valence electrons. The molecule has 8 heavy (non-hydrogen) atoms. The van der Waals surface area contributed by atoms with Crippen molar-refractivity contribution in [3.05, 3.63) is 12.7 Å². The summed E-state index contributed by atoms with van der Waals surface area (Å²) in [7, 11) is 1.97. The molecule has 0 aliphatic carbocycles. The van der Waals surface area contributed by atoms with E-state index in [1.165, 1.54) is 5.75 Å². The number of thioether (sulfide) groups is 1. The molecule has 1 nitrogen and oxygen atoms in total. The second-order valence-electron chi connectivity index (χ2n) is 1.47. The lowest BCUT2D eigenvalue weighted by Crippen LogP contribution is -2.09. The summed E-state index contributed by atoms with van der Waals surface area (Å²) in [5, 5.41) is 3.07. The third kappa shape index (κ3) is 6.05. The Balaban J connectivity index is 2.62. The normalized spacial score (nSPS) is 9.12. The lowest BCUT2D eigenvalue weighted by Gasteiger charge is -1.94. The molecule has 2 heteroatoms. The highest BCUT2D eigenvalue weighted by Crippen LogP contribution is 1.96. The van der Waals surface area contributed by atoms with Gasteiger partial charge in [0, 0.05) is 18.1 Å². The molecule has 0 bridgehead atoms. The largest absolute Gasteiger partial charge is 0.319 e. The molecule has 0 unspecified atom stereocenters. The molecule has 0 spiro atoms. The summed E-state index contributed by atoms with van der Waals surface area (Å²) in [6.07, 6.45) is 1.93. The maximum Gasteiger partial charge on any atom is 0.0111 e. The van der Waals surface area contributed by atoms with Gasteiger partial charge in [-0.2, -0.15) is 11.8 Å². The highest BCUT2D eigenvalue weighted by Gasteiger charge is 1.80. The van der Waals surface area contributed by atoms with Crippen molar-refractivity contribution in [3.8, 4) is 0 Å². The molecular weight excluding hydrogens is 118 g/mol. The van der Waals surface area contributed by atoms with Crippen LogP contribution in [0.4, 0.5) is 0 Å². The maximum atomic E-state index is 3.62. The van der Waals surface area contributed by atoms with Crippen molar-refractivity contribution in [2.24, 2.45) is 0 Å². The number of nitrogens with one attached hydrogen (secondary N) is 1. The van der Waals surface area contributed by atoms with Gasteiger partial charge in [0.2, 0.25) is 0 Å². The zero-order valence-corrected chi connectivity index (χ0v) is 6.13. The van der Waals surface area contributed by atoms with Crippen molar-refractivity contribution in [2.75, 3.05) is 25.1 Å². The van der Waals surface area contributed by atoms with Crippen LogP contribution in [-0.4, -0.2) is 25.1 Å². The monoisotopic (exact) mass is 131 g/mol. The van der Waals surface area contributed by atoms with Crippen LogP contribution in [0.3, 0.4) is 0 Å². The van der Waals surface area contributed by atoms with Crippen LogP contribution in [0.15, 0.2) is 12.7 Å². The molecule has 0 rings (SSSR count). The van der Waals surface area contributed by atoms with Crippen LogP contribution < -0.4 is 5.32 Å². The Labute approximate surface area is 55.5 Å². The van der Waals surface area contributed by atoms with Gasteiger partial charge in [-0.15, -0.1) is 6.58 Å². The van der Waals surface area contributed by atoms with Crippen molar-refractivity contribution < 1.29 is 0 Å². The summed E-state index contributed by atoms with van der Waals surface area (Å²) in [4.78, 5) is 0. The zero-order chi connectivity index (χ0) is 6.24. The van der Waals surface area contributed by atoms with E-state index in [0.717, 1.165) is 12.3 Å². The summed E-state index contributed by atoms with van der Waals surface area (Å²) >= 11 is 1.90. The summed E-state index contributed by atoms with van der Waals surface area (Å²) in [5.74, 6) is 2.25. The molecule has 0 amide bonds. The van der Waals surface area contributed by atoms with Crippen LogP contribution in [0.25, 0.3) is 0 Å². The quantitative estimate of drug-likeness (QED) is 0.443. The van der Waals surface area contributed by atoms with E-state index >= 15 is 0 Å². The SMILES string of the molecule is C=CCSCCNC. The lowest BCUT2D eigenvalue weighted by molar-refractivity contribution is 0.872. The second-order valence-corrected chi connectivity index (χ2v) is 2.62. The van der Waals surface area contributed by atoms with Gasteiger partial charge < -0.3 is 5.32 Å². The zero-order valence-electron chi connectivity index (χ0n) is 5.31. The Morgan fingerprint density at radius 3 is 3.00 bits per heavy atom. The van der Waals surface area contributed by atoms with Crippen LogP contribution in [-0.2, 0) is 0 Å². The van der Waals surface area contributed by atoms with Crippen LogP contribution in [0, 0.1) is 0 Å². The number of rotatable bonds is 5. The van der Waals surface area contributed by atoms with Gasteiger partial charge in [0.25, 0.3) is 0 Å². The number of hydrogen-bond donors (Lipinski definition) is 1. The van der Waals surface area contributed by atoms with Gasteiger partial charge in [-0.25, -0.2) is 0 Å². The summed E-state index contributed by atoms with van der Waals surface area (Å²) in [6.45, 7) is 4.71. The van der Waals surface area contributed by atoms with Crippen LogP contribution >= 0.6 is 11.8 Å². The molecule has 0 fully saturated rings. The van der Waals surface area contributed by atoms with Crippen LogP contribution in [0.2, 0.25) is 0 Å². The lowest BCUT2D eigenvalue weighted by atomic mass is 10.8. The van der Waals surface area contributed by atoms with Gasteiger partial charge in [0.05, 0.1) is 0 Å². The number of hydrogen-bond acceptors (Lipinski definition) is 2. The van der Waals surface area contributed by atoms with E-state index < -0.39 is 0 Å². The summed E-state index contributed by atoms with van der Waals surface area (Å²) in [5.41, 5.74) is 0. The first-order valence-electron chi connectivity index (χ1n) is 2.75. The molecule has 0 aromatic heterocycles. The Bertz CT molecular complexity index is 54.5.